The van der Waals surface area contributed by atoms with Crippen molar-refractivity contribution >= 4 is 44.3 Å². The van der Waals surface area contributed by atoms with Crippen LogP contribution in [0.5, 0.6) is 0 Å². The molecule has 0 aromatic carbocycles. The fourth-order valence-corrected chi connectivity index (χ4v) is 5.83. The van der Waals surface area contributed by atoms with E-state index in [1.54, 1.807) is 50.5 Å². The molecular formula is C11H8N2S4. The van der Waals surface area contributed by atoms with E-state index in [1.165, 1.54) is 14.0 Å². The summed E-state index contributed by atoms with van der Waals surface area (Å²) in [6.45, 7) is 0. The zero-order valence-electron chi connectivity index (χ0n) is 8.62. The van der Waals surface area contributed by atoms with Crippen molar-refractivity contribution < 1.29 is 0 Å². The molecule has 3 heterocycles. The predicted octanol–water partition coefficient (Wildman–Crippen LogP) is 5.00. The van der Waals surface area contributed by atoms with Gasteiger partial charge in [-0.1, -0.05) is 6.07 Å². The van der Waals surface area contributed by atoms with Gasteiger partial charge in [-0.2, -0.15) is 0 Å². The minimum absolute atomic E-state index is 0.945. The molecule has 6 heteroatoms. The molecule has 0 saturated carbocycles. The maximum atomic E-state index is 4.30. The van der Waals surface area contributed by atoms with E-state index in [2.05, 4.69) is 38.9 Å². The first-order chi connectivity index (χ1) is 8.43. The molecule has 0 bridgehead atoms. The minimum Gasteiger partial charge on any atom is -0.345 e. The van der Waals surface area contributed by atoms with Crippen molar-refractivity contribution in [2.24, 2.45) is 0 Å². The molecule has 86 valence electrons. The highest BCUT2D eigenvalue weighted by molar-refractivity contribution is 8.77. The summed E-state index contributed by atoms with van der Waals surface area (Å²) in [7, 11) is 3.60. The second-order valence-corrected chi connectivity index (χ2v) is 7.72. The van der Waals surface area contributed by atoms with Gasteiger partial charge in [-0.25, -0.2) is 4.98 Å². The predicted molar refractivity (Wildman–Crippen MR) is 77.9 cm³/mol. The highest BCUT2D eigenvalue weighted by Gasteiger charge is 2.10. The van der Waals surface area contributed by atoms with Gasteiger partial charge in [-0.05, 0) is 44.5 Å². The van der Waals surface area contributed by atoms with Gasteiger partial charge in [-0.15, -0.1) is 22.7 Å². The Kier molecular flexibility index (Phi) is 3.56. The van der Waals surface area contributed by atoms with Gasteiger partial charge >= 0.3 is 0 Å². The van der Waals surface area contributed by atoms with E-state index >= 15 is 0 Å². The Hall–Kier alpha value is -0.690. The fourth-order valence-electron chi connectivity index (χ4n) is 1.34. The minimum atomic E-state index is 0.945. The molecule has 0 unspecified atom stereocenters. The maximum absolute atomic E-state index is 4.30. The van der Waals surface area contributed by atoms with Crippen LogP contribution >= 0.6 is 44.3 Å². The molecule has 3 aromatic rings. The van der Waals surface area contributed by atoms with Crippen LogP contribution in [0.2, 0.25) is 0 Å². The van der Waals surface area contributed by atoms with E-state index in [-0.39, 0.29) is 0 Å². The quantitative estimate of drug-likeness (QED) is 0.687. The van der Waals surface area contributed by atoms with E-state index in [9.17, 15) is 0 Å². The van der Waals surface area contributed by atoms with Gasteiger partial charge in [0.2, 0.25) is 0 Å². The summed E-state index contributed by atoms with van der Waals surface area (Å²) in [5, 5.41) is 4.21. The lowest BCUT2D eigenvalue weighted by molar-refractivity contribution is 1.30. The molecule has 0 atom stereocenters. The van der Waals surface area contributed by atoms with Crippen LogP contribution in [-0.2, 0) is 0 Å². The van der Waals surface area contributed by atoms with Crippen LogP contribution in [0.25, 0.3) is 11.4 Å². The van der Waals surface area contributed by atoms with Crippen molar-refractivity contribution in [2.45, 2.75) is 8.42 Å². The monoisotopic (exact) mass is 296 g/mol. The first-order valence-electron chi connectivity index (χ1n) is 4.89. The van der Waals surface area contributed by atoms with E-state index in [0.717, 1.165) is 5.82 Å². The van der Waals surface area contributed by atoms with Crippen molar-refractivity contribution in [3.63, 3.8) is 0 Å². The van der Waals surface area contributed by atoms with E-state index in [0.29, 0.717) is 0 Å². The summed E-state index contributed by atoms with van der Waals surface area (Å²) < 4.78 is 2.62. The van der Waals surface area contributed by atoms with Gasteiger partial charge in [0.25, 0.3) is 0 Å². The number of H-pyrrole nitrogens is 1. The topological polar surface area (TPSA) is 28.7 Å². The molecule has 0 radical (unpaired) electrons. The number of nitrogens with one attached hydrogen (secondary N) is 1. The van der Waals surface area contributed by atoms with Crippen LogP contribution < -0.4 is 0 Å². The van der Waals surface area contributed by atoms with E-state index < -0.39 is 0 Å². The summed E-state index contributed by atoms with van der Waals surface area (Å²) in [6, 6.07) is 6.33. The second-order valence-electron chi connectivity index (χ2n) is 3.16. The largest absolute Gasteiger partial charge is 0.345 e. The van der Waals surface area contributed by atoms with Gasteiger partial charge in [0.1, 0.15) is 5.82 Å². The van der Waals surface area contributed by atoms with Crippen LogP contribution in [0, 0.1) is 0 Å². The lowest BCUT2D eigenvalue weighted by Gasteiger charge is -1.98. The lowest BCUT2D eigenvalue weighted by atomic mass is 10.3. The Morgan fingerprint density at radius 2 is 2.12 bits per heavy atom. The smallest absolute Gasteiger partial charge is 0.139 e. The van der Waals surface area contributed by atoms with Crippen LogP contribution in [-0.4, -0.2) is 9.97 Å². The normalized spacial score (nSPS) is 10.8. The van der Waals surface area contributed by atoms with Gasteiger partial charge in [0.05, 0.1) is 8.42 Å². The summed E-state index contributed by atoms with van der Waals surface area (Å²) in [4.78, 5) is 7.44. The molecule has 1 N–H and O–H groups in total. The van der Waals surface area contributed by atoms with E-state index in [4.69, 9.17) is 0 Å². The van der Waals surface area contributed by atoms with Gasteiger partial charge in [0.15, 0.2) is 0 Å². The summed E-state index contributed by atoms with van der Waals surface area (Å²) in [6.07, 6.45) is 3.64. The molecule has 0 amide bonds. The number of hydrogen-bond donors (Lipinski definition) is 1. The van der Waals surface area contributed by atoms with Gasteiger partial charge in [-0.3, -0.25) is 0 Å². The van der Waals surface area contributed by atoms with Crippen molar-refractivity contribution in [3.05, 3.63) is 41.4 Å². The first-order valence-corrected chi connectivity index (χ1v) is 8.79. The van der Waals surface area contributed by atoms with Crippen molar-refractivity contribution in [3.8, 4) is 11.4 Å². The highest BCUT2D eigenvalue weighted by atomic mass is 33.1. The molecule has 0 aliphatic heterocycles. The Labute approximate surface area is 115 Å². The Morgan fingerprint density at radius 1 is 1.12 bits per heavy atom. The van der Waals surface area contributed by atoms with Crippen LogP contribution in [0.15, 0.2) is 49.8 Å². The number of nitrogens with zero attached hydrogens (tertiary/aromatic N) is 1. The highest BCUT2D eigenvalue weighted by Crippen LogP contribution is 2.45. The Morgan fingerprint density at radius 3 is 2.88 bits per heavy atom. The molecular weight excluding hydrogens is 288 g/mol. The molecule has 0 fully saturated rings. The Bertz CT molecular complexity index is 568. The van der Waals surface area contributed by atoms with Gasteiger partial charge < -0.3 is 4.98 Å². The third-order valence-electron chi connectivity index (χ3n) is 2.08. The van der Waals surface area contributed by atoms with Crippen molar-refractivity contribution in [1.82, 2.24) is 9.97 Å². The summed E-state index contributed by atoms with van der Waals surface area (Å²) in [5.41, 5.74) is 1.19. The van der Waals surface area contributed by atoms with Crippen LogP contribution in [0.1, 0.15) is 0 Å². The number of hydrogen-bond acceptors (Lipinski definition) is 5. The molecule has 0 spiro atoms. The van der Waals surface area contributed by atoms with Crippen LogP contribution in [0.3, 0.4) is 0 Å². The number of aromatic amines is 1. The molecule has 0 aliphatic carbocycles. The van der Waals surface area contributed by atoms with E-state index in [1.807, 2.05) is 6.20 Å². The van der Waals surface area contributed by atoms with Crippen LogP contribution in [0.4, 0.5) is 0 Å². The second kappa shape index (κ2) is 5.30. The first kappa shape index (κ1) is 11.4. The van der Waals surface area contributed by atoms with Crippen molar-refractivity contribution in [1.29, 1.82) is 0 Å². The SMILES string of the molecule is c1csc(SSc2sccc2-c2ncc[nH]2)c1. The zero-order valence-corrected chi connectivity index (χ0v) is 11.9. The van der Waals surface area contributed by atoms with Crippen molar-refractivity contribution in [2.75, 3.05) is 0 Å². The summed E-state index contributed by atoms with van der Waals surface area (Å²) >= 11 is 3.53. The number of thiophene rings is 2. The molecule has 2 nitrogen and oxygen atoms in total. The average Bonchev–Trinajstić information content (AvgIpc) is 3.09. The third kappa shape index (κ3) is 2.60. The fraction of sp³-hybridized carbons (Fsp3) is 0. The molecule has 17 heavy (non-hydrogen) atoms. The third-order valence-corrected chi connectivity index (χ3v) is 7.20. The summed E-state index contributed by atoms with van der Waals surface area (Å²) in [5.74, 6) is 0.945. The van der Waals surface area contributed by atoms with Gasteiger partial charge in [0, 0.05) is 18.0 Å². The Balaban J connectivity index is 1.78. The molecule has 3 aromatic heterocycles. The maximum Gasteiger partial charge on any atom is 0.139 e. The zero-order chi connectivity index (χ0) is 11.5. The molecule has 0 aliphatic rings. The molecule has 3 rings (SSSR count). The number of imidazole rings is 1. The molecule has 0 saturated heterocycles. The standard InChI is InChI=1S/C11H8N2S4/c1-2-9(14-6-1)16-17-11-8(3-7-15-11)10-12-4-5-13-10/h1-7H,(H,12,13). The lowest BCUT2D eigenvalue weighted by Crippen LogP contribution is -1.77. The average molecular weight is 296 g/mol. The number of aromatic nitrogens is 2. The number of rotatable bonds is 4.